The third-order valence-corrected chi connectivity index (χ3v) is 6.72. The molecule has 0 aliphatic heterocycles. The van der Waals surface area contributed by atoms with Crippen molar-refractivity contribution < 1.29 is 4.79 Å². The highest BCUT2D eigenvalue weighted by molar-refractivity contribution is 5.96. The van der Waals surface area contributed by atoms with E-state index in [0.717, 1.165) is 62.1 Å². The molecule has 0 radical (unpaired) electrons. The van der Waals surface area contributed by atoms with Gasteiger partial charge in [0.1, 0.15) is 5.82 Å². The lowest BCUT2D eigenvalue weighted by molar-refractivity contribution is -0.120. The Kier molecular flexibility index (Phi) is 9.55. The van der Waals surface area contributed by atoms with E-state index in [4.69, 9.17) is 16.5 Å². The molecular formula is C29H38N6O. The van der Waals surface area contributed by atoms with E-state index in [2.05, 4.69) is 40.6 Å². The van der Waals surface area contributed by atoms with Gasteiger partial charge in [0.25, 0.3) is 0 Å². The fourth-order valence-electron chi connectivity index (χ4n) is 4.61. The van der Waals surface area contributed by atoms with Gasteiger partial charge in [0, 0.05) is 25.0 Å². The Hall–Kier alpha value is -3.13. The number of carbonyl (C=O) groups is 1. The van der Waals surface area contributed by atoms with Crippen molar-refractivity contribution in [2.45, 2.75) is 70.6 Å². The molecule has 2 aromatic heterocycles. The number of rotatable bonds is 12. The molecule has 0 spiro atoms. The van der Waals surface area contributed by atoms with Gasteiger partial charge in [0.15, 0.2) is 0 Å². The van der Waals surface area contributed by atoms with Crippen molar-refractivity contribution >= 4 is 11.7 Å². The summed E-state index contributed by atoms with van der Waals surface area (Å²) in [6.07, 6.45) is 8.51. The molecular weight excluding hydrogens is 448 g/mol. The van der Waals surface area contributed by atoms with E-state index in [1.165, 1.54) is 17.5 Å². The van der Waals surface area contributed by atoms with E-state index in [9.17, 15) is 4.79 Å². The molecule has 4 rings (SSSR count). The van der Waals surface area contributed by atoms with Gasteiger partial charge in [-0.25, -0.2) is 4.98 Å². The van der Waals surface area contributed by atoms with Crippen molar-refractivity contribution in [3.63, 3.8) is 0 Å². The van der Waals surface area contributed by atoms with Crippen molar-refractivity contribution in [3.8, 4) is 0 Å². The van der Waals surface area contributed by atoms with E-state index in [-0.39, 0.29) is 5.91 Å². The number of hydrogen-bond acceptors (Lipinski definition) is 6. The number of nitrogens with one attached hydrogen (secondary N) is 1. The van der Waals surface area contributed by atoms with Crippen molar-refractivity contribution in [1.82, 2.24) is 15.3 Å². The normalized spacial score (nSPS) is 13.7. The number of aryl methyl sites for hydroxylation is 2. The minimum Gasteiger partial charge on any atom is -0.330 e. The van der Waals surface area contributed by atoms with Crippen molar-refractivity contribution in [1.29, 1.82) is 0 Å². The zero-order valence-electron chi connectivity index (χ0n) is 21.0. The Morgan fingerprint density at radius 3 is 2.56 bits per heavy atom. The van der Waals surface area contributed by atoms with Crippen LogP contribution in [0.1, 0.15) is 60.2 Å². The van der Waals surface area contributed by atoms with Crippen LogP contribution in [0.15, 0.2) is 60.8 Å². The van der Waals surface area contributed by atoms with Crippen LogP contribution >= 0.6 is 0 Å². The van der Waals surface area contributed by atoms with Gasteiger partial charge >= 0.3 is 0 Å². The molecule has 5 N–H and O–H groups in total. The second-order valence-electron chi connectivity index (χ2n) is 9.54. The molecule has 190 valence electrons. The molecule has 36 heavy (non-hydrogen) atoms. The number of pyridine rings is 2. The fourth-order valence-corrected chi connectivity index (χ4v) is 4.61. The summed E-state index contributed by atoms with van der Waals surface area (Å²) in [6, 6.07) is 17.8. The van der Waals surface area contributed by atoms with Gasteiger partial charge in [0.05, 0.1) is 18.3 Å². The smallest absolute Gasteiger partial charge is 0.245 e. The largest absolute Gasteiger partial charge is 0.330 e. The lowest BCUT2D eigenvalue weighted by Crippen LogP contribution is -2.44. The SMILES string of the molecule is NCCCC[C@H](N)C(=O)N(Cc1ccc(CNCc2ccccn2)cc1)c1ccc2c(n1)CCCC2. The van der Waals surface area contributed by atoms with Crippen LogP contribution in [0.25, 0.3) is 0 Å². The van der Waals surface area contributed by atoms with E-state index >= 15 is 0 Å². The first-order valence-corrected chi connectivity index (χ1v) is 13.1. The highest BCUT2D eigenvalue weighted by Crippen LogP contribution is 2.25. The Bertz CT molecular complexity index is 1100. The monoisotopic (exact) mass is 486 g/mol. The topological polar surface area (TPSA) is 110 Å². The van der Waals surface area contributed by atoms with E-state index in [1.807, 2.05) is 24.3 Å². The molecule has 7 nitrogen and oxygen atoms in total. The number of benzene rings is 1. The Morgan fingerprint density at radius 1 is 0.972 bits per heavy atom. The minimum absolute atomic E-state index is 0.0867. The Labute approximate surface area is 214 Å². The quantitative estimate of drug-likeness (QED) is 0.337. The van der Waals surface area contributed by atoms with Crippen LogP contribution in [0.4, 0.5) is 5.82 Å². The van der Waals surface area contributed by atoms with Gasteiger partial charge in [-0.1, -0.05) is 42.8 Å². The van der Waals surface area contributed by atoms with Gasteiger partial charge in [-0.2, -0.15) is 0 Å². The highest BCUT2D eigenvalue weighted by Gasteiger charge is 2.24. The summed E-state index contributed by atoms with van der Waals surface area (Å²) in [5.74, 6) is 0.604. The first-order valence-electron chi connectivity index (χ1n) is 13.1. The zero-order valence-corrected chi connectivity index (χ0v) is 21.0. The van der Waals surface area contributed by atoms with Gasteiger partial charge in [0.2, 0.25) is 5.91 Å². The summed E-state index contributed by atoms with van der Waals surface area (Å²) >= 11 is 0. The summed E-state index contributed by atoms with van der Waals surface area (Å²) in [4.78, 5) is 24.5. The third kappa shape index (κ3) is 7.20. The van der Waals surface area contributed by atoms with Gasteiger partial charge in [-0.05, 0) is 80.0 Å². The molecule has 3 aromatic rings. The molecule has 1 atom stereocenters. The molecule has 0 saturated carbocycles. The van der Waals surface area contributed by atoms with Crippen LogP contribution in [0.3, 0.4) is 0 Å². The second kappa shape index (κ2) is 13.3. The number of fused-ring (bicyclic) bond motifs is 1. The number of anilines is 1. The Balaban J connectivity index is 1.45. The molecule has 2 heterocycles. The number of amides is 1. The molecule has 1 aliphatic rings. The van der Waals surface area contributed by atoms with Crippen LogP contribution in [0, 0.1) is 0 Å². The van der Waals surface area contributed by atoms with Crippen LogP contribution < -0.4 is 21.7 Å². The number of aromatic nitrogens is 2. The minimum atomic E-state index is -0.565. The molecule has 1 aliphatic carbocycles. The van der Waals surface area contributed by atoms with E-state index < -0.39 is 6.04 Å². The lowest BCUT2D eigenvalue weighted by Gasteiger charge is -2.27. The average molecular weight is 487 g/mol. The first kappa shape index (κ1) is 25.9. The molecule has 0 bridgehead atoms. The predicted molar refractivity (Wildman–Crippen MR) is 144 cm³/mol. The number of nitrogens with two attached hydrogens (primary N) is 2. The summed E-state index contributed by atoms with van der Waals surface area (Å²) in [5.41, 5.74) is 17.6. The summed E-state index contributed by atoms with van der Waals surface area (Å²) in [5, 5.41) is 3.43. The van der Waals surface area contributed by atoms with Crippen molar-refractivity contribution in [3.05, 3.63) is 88.9 Å². The Morgan fingerprint density at radius 2 is 1.78 bits per heavy atom. The molecule has 1 aromatic carbocycles. The first-order chi connectivity index (χ1) is 17.6. The molecule has 7 heteroatoms. The molecule has 0 fully saturated rings. The van der Waals surface area contributed by atoms with Gasteiger partial charge < -0.3 is 16.8 Å². The zero-order chi connectivity index (χ0) is 25.2. The maximum absolute atomic E-state index is 13.5. The summed E-state index contributed by atoms with van der Waals surface area (Å²) in [6.45, 7) is 2.52. The molecule has 0 unspecified atom stereocenters. The standard InChI is InChI=1S/C29H38N6O/c30-17-5-3-9-26(31)29(36)35(28-16-15-24-7-1-2-10-27(24)34-28)21-23-13-11-22(12-14-23)19-32-20-25-8-4-6-18-33-25/h4,6,8,11-16,18,26,32H,1-3,5,7,9-10,17,19-21,30-31H2/t26-/m0/s1. The van der Waals surface area contributed by atoms with Crippen LogP contribution in [0.2, 0.25) is 0 Å². The number of hydrogen-bond donors (Lipinski definition) is 3. The third-order valence-electron chi connectivity index (χ3n) is 6.72. The summed E-state index contributed by atoms with van der Waals surface area (Å²) < 4.78 is 0. The van der Waals surface area contributed by atoms with Crippen LogP contribution in [-0.4, -0.2) is 28.5 Å². The number of carbonyl (C=O) groups excluding carboxylic acids is 1. The van der Waals surface area contributed by atoms with E-state index in [0.29, 0.717) is 25.3 Å². The van der Waals surface area contributed by atoms with Crippen molar-refractivity contribution in [2.24, 2.45) is 11.5 Å². The maximum Gasteiger partial charge on any atom is 0.245 e. The average Bonchev–Trinajstić information content (AvgIpc) is 2.92. The number of nitrogens with zero attached hydrogens (tertiary/aromatic N) is 3. The van der Waals surface area contributed by atoms with Gasteiger partial charge in [-0.15, -0.1) is 0 Å². The van der Waals surface area contributed by atoms with Gasteiger partial charge in [-0.3, -0.25) is 14.7 Å². The molecule has 1 amide bonds. The van der Waals surface area contributed by atoms with Crippen LogP contribution in [0.5, 0.6) is 0 Å². The fraction of sp³-hybridized carbons (Fsp3) is 0.414. The summed E-state index contributed by atoms with van der Waals surface area (Å²) in [7, 11) is 0. The van der Waals surface area contributed by atoms with Crippen molar-refractivity contribution in [2.75, 3.05) is 11.4 Å². The second-order valence-corrected chi connectivity index (χ2v) is 9.54. The van der Waals surface area contributed by atoms with Crippen LogP contribution in [-0.2, 0) is 37.3 Å². The van der Waals surface area contributed by atoms with E-state index in [1.54, 1.807) is 11.1 Å². The maximum atomic E-state index is 13.5. The highest BCUT2D eigenvalue weighted by atomic mass is 16.2. The molecule has 0 saturated heterocycles. The lowest BCUT2D eigenvalue weighted by atomic mass is 9.96. The number of unbranched alkanes of at least 4 members (excludes halogenated alkanes) is 1. The predicted octanol–water partition coefficient (Wildman–Crippen LogP) is 3.63.